The predicted molar refractivity (Wildman–Crippen MR) is 69.5 cm³/mol. The van der Waals surface area contributed by atoms with E-state index in [1.165, 1.54) is 25.9 Å². The zero-order valence-electron chi connectivity index (χ0n) is 10.3. The van der Waals surface area contributed by atoms with Crippen molar-refractivity contribution in [3.05, 3.63) is 12.7 Å². The number of guanidine groups is 1. The maximum Gasteiger partial charge on any atom is 0.188 e. The number of hydrogen-bond donors (Lipinski definition) is 2. The van der Waals surface area contributed by atoms with E-state index in [0.717, 1.165) is 19.0 Å². The minimum Gasteiger partial charge on any atom is -0.370 e. The standard InChI is InChI=1S/C12H24N4/c1-3-6-14-12(13)15-7-10-16-8-4-11(2)5-9-16/h3,11H,1,4-10H2,2H3,(H3,13,14,15). The molecular weight excluding hydrogens is 200 g/mol. The van der Waals surface area contributed by atoms with Gasteiger partial charge in [0.25, 0.3) is 0 Å². The van der Waals surface area contributed by atoms with Gasteiger partial charge >= 0.3 is 0 Å². The minimum absolute atomic E-state index is 0.519. The summed E-state index contributed by atoms with van der Waals surface area (Å²) in [4.78, 5) is 6.73. The molecule has 1 heterocycles. The fraction of sp³-hybridized carbons (Fsp3) is 0.750. The molecule has 4 nitrogen and oxygen atoms in total. The Morgan fingerprint density at radius 2 is 2.25 bits per heavy atom. The largest absolute Gasteiger partial charge is 0.370 e. The molecule has 1 saturated heterocycles. The van der Waals surface area contributed by atoms with Crippen molar-refractivity contribution in [1.29, 1.82) is 0 Å². The van der Waals surface area contributed by atoms with Gasteiger partial charge in [-0.25, -0.2) is 0 Å². The van der Waals surface area contributed by atoms with Gasteiger partial charge in [0.2, 0.25) is 0 Å². The van der Waals surface area contributed by atoms with Crippen LogP contribution in [0.3, 0.4) is 0 Å². The fourth-order valence-electron chi connectivity index (χ4n) is 1.83. The maximum atomic E-state index is 5.67. The first-order valence-electron chi connectivity index (χ1n) is 6.09. The van der Waals surface area contributed by atoms with E-state index >= 15 is 0 Å². The average molecular weight is 224 g/mol. The van der Waals surface area contributed by atoms with Gasteiger partial charge < -0.3 is 16.0 Å². The van der Waals surface area contributed by atoms with Gasteiger partial charge in [-0.1, -0.05) is 13.0 Å². The lowest BCUT2D eigenvalue weighted by Gasteiger charge is -2.29. The molecule has 1 rings (SSSR count). The molecule has 92 valence electrons. The SMILES string of the molecule is C=CCNC(N)=NCCN1CCC(C)CC1. The maximum absolute atomic E-state index is 5.67. The third-order valence-electron chi connectivity index (χ3n) is 3.00. The highest BCUT2D eigenvalue weighted by Gasteiger charge is 2.14. The van der Waals surface area contributed by atoms with Crippen molar-refractivity contribution in [2.75, 3.05) is 32.7 Å². The van der Waals surface area contributed by atoms with Crippen molar-refractivity contribution in [1.82, 2.24) is 10.2 Å². The first-order chi connectivity index (χ1) is 7.72. The van der Waals surface area contributed by atoms with Crippen LogP contribution in [0.2, 0.25) is 0 Å². The summed E-state index contributed by atoms with van der Waals surface area (Å²) in [5.41, 5.74) is 5.67. The summed E-state index contributed by atoms with van der Waals surface area (Å²) >= 11 is 0. The number of aliphatic imine (C=N–C) groups is 1. The monoisotopic (exact) mass is 224 g/mol. The van der Waals surface area contributed by atoms with Gasteiger partial charge in [-0.2, -0.15) is 0 Å². The lowest BCUT2D eigenvalue weighted by molar-refractivity contribution is 0.197. The topological polar surface area (TPSA) is 53.6 Å². The number of nitrogens with zero attached hydrogens (tertiary/aromatic N) is 2. The molecule has 0 aromatic heterocycles. The van der Waals surface area contributed by atoms with Crippen LogP contribution < -0.4 is 11.1 Å². The number of piperidine rings is 1. The molecule has 0 aromatic carbocycles. The zero-order chi connectivity index (χ0) is 11.8. The van der Waals surface area contributed by atoms with Gasteiger partial charge in [0.15, 0.2) is 5.96 Å². The minimum atomic E-state index is 0.519. The average Bonchev–Trinajstić information content (AvgIpc) is 2.29. The number of nitrogens with one attached hydrogen (secondary N) is 1. The van der Waals surface area contributed by atoms with Gasteiger partial charge in [0.05, 0.1) is 6.54 Å². The third kappa shape index (κ3) is 5.16. The Bertz CT molecular complexity index is 229. The van der Waals surface area contributed by atoms with Crippen molar-refractivity contribution in [3.8, 4) is 0 Å². The van der Waals surface area contributed by atoms with Crippen molar-refractivity contribution >= 4 is 5.96 Å². The van der Waals surface area contributed by atoms with Crippen LogP contribution in [0, 0.1) is 5.92 Å². The van der Waals surface area contributed by atoms with Crippen LogP contribution in [0.1, 0.15) is 19.8 Å². The molecule has 0 spiro atoms. The van der Waals surface area contributed by atoms with E-state index in [-0.39, 0.29) is 0 Å². The molecule has 3 N–H and O–H groups in total. The number of likely N-dealkylation sites (tertiary alicyclic amines) is 1. The van der Waals surface area contributed by atoms with Gasteiger partial charge in [-0.3, -0.25) is 4.99 Å². The Hall–Kier alpha value is -1.03. The van der Waals surface area contributed by atoms with Gasteiger partial charge in [-0.15, -0.1) is 6.58 Å². The number of rotatable bonds is 5. The van der Waals surface area contributed by atoms with E-state index in [0.29, 0.717) is 12.5 Å². The predicted octanol–water partition coefficient (Wildman–Crippen LogP) is 0.809. The molecule has 4 heteroatoms. The van der Waals surface area contributed by atoms with Crippen LogP contribution in [0.5, 0.6) is 0 Å². The molecular formula is C12H24N4. The quantitative estimate of drug-likeness (QED) is 0.413. The molecule has 0 atom stereocenters. The van der Waals surface area contributed by atoms with Crippen LogP contribution in [0.15, 0.2) is 17.6 Å². The lowest BCUT2D eigenvalue weighted by atomic mass is 9.99. The number of nitrogens with two attached hydrogens (primary N) is 1. The van der Waals surface area contributed by atoms with E-state index in [1.807, 2.05) is 0 Å². The lowest BCUT2D eigenvalue weighted by Crippen LogP contribution is -2.36. The van der Waals surface area contributed by atoms with E-state index in [4.69, 9.17) is 5.73 Å². The first-order valence-corrected chi connectivity index (χ1v) is 6.09. The highest BCUT2D eigenvalue weighted by atomic mass is 15.2. The van der Waals surface area contributed by atoms with E-state index in [2.05, 4.69) is 28.7 Å². The van der Waals surface area contributed by atoms with Crippen LogP contribution in [-0.2, 0) is 0 Å². The highest BCUT2D eigenvalue weighted by molar-refractivity contribution is 5.77. The summed E-state index contributed by atoms with van der Waals surface area (Å²) < 4.78 is 0. The molecule has 0 amide bonds. The van der Waals surface area contributed by atoms with Crippen LogP contribution in [0.4, 0.5) is 0 Å². The van der Waals surface area contributed by atoms with E-state index in [1.54, 1.807) is 6.08 Å². The third-order valence-corrected chi connectivity index (χ3v) is 3.00. The molecule has 0 aliphatic carbocycles. The van der Waals surface area contributed by atoms with Crippen molar-refractivity contribution in [3.63, 3.8) is 0 Å². The summed E-state index contributed by atoms with van der Waals surface area (Å²) in [7, 11) is 0. The Kier molecular flexibility index (Phi) is 5.93. The highest BCUT2D eigenvalue weighted by Crippen LogP contribution is 2.15. The smallest absolute Gasteiger partial charge is 0.188 e. The van der Waals surface area contributed by atoms with Crippen molar-refractivity contribution < 1.29 is 0 Å². The van der Waals surface area contributed by atoms with Gasteiger partial charge in [-0.05, 0) is 31.8 Å². The fourth-order valence-corrected chi connectivity index (χ4v) is 1.83. The zero-order valence-corrected chi connectivity index (χ0v) is 10.3. The molecule has 1 aliphatic heterocycles. The summed E-state index contributed by atoms with van der Waals surface area (Å²) in [6.07, 6.45) is 4.40. The molecule has 1 fully saturated rings. The second-order valence-electron chi connectivity index (χ2n) is 4.46. The summed E-state index contributed by atoms with van der Waals surface area (Å²) in [6, 6.07) is 0. The Morgan fingerprint density at radius 3 is 2.88 bits per heavy atom. The Labute approximate surface area is 98.6 Å². The summed E-state index contributed by atoms with van der Waals surface area (Å²) in [6.45, 7) is 10.8. The van der Waals surface area contributed by atoms with Gasteiger partial charge in [0.1, 0.15) is 0 Å². The molecule has 16 heavy (non-hydrogen) atoms. The second kappa shape index (κ2) is 7.28. The molecule has 0 radical (unpaired) electrons. The summed E-state index contributed by atoms with van der Waals surface area (Å²) in [5.74, 6) is 1.41. The molecule has 0 unspecified atom stereocenters. The van der Waals surface area contributed by atoms with Crippen LogP contribution in [-0.4, -0.2) is 43.6 Å². The van der Waals surface area contributed by atoms with Crippen molar-refractivity contribution in [2.24, 2.45) is 16.6 Å². The Balaban J connectivity index is 2.12. The molecule has 1 aliphatic rings. The molecule has 0 saturated carbocycles. The second-order valence-corrected chi connectivity index (χ2v) is 4.46. The summed E-state index contributed by atoms with van der Waals surface area (Å²) in [5, 5.41) is 2.97. The van der Waals surface area contributed by atoms with Crippen LogP contribution >= 0.6 is 0 Å². The number of hydrogen-bond acceptors (Lipinski definition) is 2. The van der Waals surface area contributed by atoms with Crippen LogP contribution in [0.25, 0.3) is 0 Å². The molecule has 0 aromatic rings. The van der Waals surface area contributed by atoms with E-state index < -0.39 is 0 Å². The van der Waals surface area contributed by atoms with Crippen molar-refractivity contribution in [2.45, 2.75) is 19.8 Å². The normalized spacial score (nSPS) is 19.7. The van der Waals surface area contributed by atoms with E-state index in [9.17, 15) is 0 Å². The van der Waals surface area contributed by atoms with Gasteiger partial charge in [0, 0.05) is 13.1 Å². The molecule has 0 bridgehead atoms. The Morgan fingerprint density at radius 1 is 1.56 bits per heavy atom. The first kappa shape index (κ1) is 13.0.